The molecule has 0 saturated carbocycles. The van der Waals surface area contributed by atoms with Crippen molar-refractivity contribution in [2.45, 2.75) is 32.2 Å². The van der Waals surface area contributed by atoms with E-state index in [0.29, 0.717) is 25.2 Å². The fourth-order valence-corrected chi connectivity index (χ4v) is 2.13. The lowest BCUT2D eigenvalue weighted by atomic mass is 10.1. The van der Waals surface area contributed by atoms with Crippen LogP contribution in [0.2, 0.25) is 0 Å². The first-order chi connectivity index (χ1) is 8.22. The van der Waals surface area contributed by atoms with Crippen molar-refractivity contribution in [1.29, 1.82) is 0 Å². The molecule has 0 bridgehead atoms. The highest BCUT2D eigenvalue weighted by Gasteiger charge is 2.20. The van der Waals surface area contributed by atoms with Crippen LogP contribution in [-0.4, -0.2) is 12.5 Å². The minimum absolute atomic E-state index is 0.0156. The van der Waals surface area contributed by atoms with E-state index in [-0.39, 0.29) is 11.7 Å². The number of benzene rings is 1. The molecule has 2 N–H and O–H groups in total. The van der Waals surface area contributed by atoms with Crippen molar-refractivity contribution < 1.29 is 9.18 Å². The SMILES string of the molecule is NCc1ccc(N2CCCCCC2=O)c(F)c1. The van der Waals surface area contributed by atoms with Gasteiger partial charge in [-0.1, -0.05) is 12.5 Å². The molecule has 1 heterocycles. The summed E-state index contributed by atoms with van der Waals surface area (Å²) in [7, 11) is 0. The number of nitrogens with zero attached hydrogens (tertiary/aromatic N) is 1. The van der Waals surface area contributed by atoms with Crippen LogP contribution in [0.5, 0.6) is 0 Å². The van der Waals surface area contributed by atoms with Crippen molar-refractivity contribution in [2.75, 3.05) is 11.4 Å². The standard InChI is InChI=1S/C13H17FN2O/c14-11-8-10(9-15)5-6-12(11)16-7-3-1-2-4-13(16)17/h5-6,8H,1-4,7,9,15H2. The normalized spacial score (nSPS) is 17.1. The molecule has 0 aromatic heterocycles. The topological polar surface area (TPSA) is 46.3 Å². The van der Waals surface area contributed by atoms with Gasteiger partial charge in [0.1, 0.15) is 5.82 Å². The quantitative estimate of drug-likeness (QED) is 0.855. The third kappa shape index (κ3) is 2.64. The maximum atomic E-state index is 13.9. The molecule has 1 amide bonds. The Morgan fingerprint density at radius 3 is 2.82 bits per heavy atom. The average Bonchev–Trinajstić information content (AvgIpc) is 2.54. The summed E-state index contributed by atoms with van der Waals surface area (Å²) in [6, 6.07) is 4.84. The molecule has 17 heavy (non-hydrogen) atoms. The molecule has 92 valence electrons. The molecular weight excluding hydrogens is 219 g/mol. The number of halogens is 1. The summed E-state index contributed by atoms with van der Waals surface area (Å²) in [5.74, 6) is -0.343. The van der Waals surface area contributed by atoms with Crippen LogP contribution in [-0.2, 0) is 11.3 Å². The van der Waals surface area contributed by atoms with E-state index in [0.717, 1.165) is 24.8 Å². The van der Waals surface area contributed by atoms with E-state index in [2.05, 4.69) is 0 Å². The van der Waals surface area contributed by atoms with Gasteiger partial charge in [-0.3, -0.25) is 4.79 Å². The summed E-state index contributed by atoms with van der Waals surface area (Å²) >= 11 is 0. The Kier molecular flexibility index (Phi) is 3.74. The van der Waals surface area contributed by atoms with Gasteiger partial charge >= 0.3 is 0 Å². The molecule has 1 fully saturated rings. The van der Waals surface area contributed by atoms with E-state index in [4.69, 9.17) is 5.73 Å². The van der Waals surface area contributed by atoms with Gasteiger partial charge in [-0.25, -0.2) is 4.39 Å². The van der Waals surface area contributed by atoms with Crippen molar-refractivity contribution in [2.24, 2.45) is 5.73 Å². The highest BCUT2D eigenvalue weighted by atomic mass is 19.1. The number of rotatable bonds is 2. The van der Waals surface area contributed by atoms with Gasteiger partial charge in [-0.15, -0.1) is 0 Å². The fourth-order valence-electron chi connectivity index (χ4n) is 2.13. The smallest absolute Gasteiger partial charge is 0.227 e. The van der Waals surface area contributed by atoms with Crippen LogP contribution in [0.4, 0.5) is 10.1 Å². The second kappa shape index (κ2) is 5.27. The summed E-state index contributed by atoms with van der Waals surface area (Å²) < 4.78 is 13.9. The number of nitrogens with two attached hydrogens (primary N) is 1. The zero-order valence-corrected chi connectivity index (χ0v) is 9.79. The lowest BCUT2D eigenvalue weighted by Gasteiger charge is -2.21. The van der Waals surface area contributed by atoms with Crippen molar-refractivity contribution in [3.63, 3.8) is 0 Å². The molecular formula is C13H17FN2O. The van der Waals surface area contributed by atoms with Crippen LogP contribution in [0.25, 0.3) is 0 Å². The molecule has 3 nitrogen and oxygen atoms in total. The first-order valence-corrected chi connectivity index (χ1v) is 6.01. The minimum atomic E-state index is -0.358. The van der Waals surface area contributed by atoms with E-state index in [1.807, 2.05) is 0 Å². The van der Waals surface area contributed by atoms with E-state index in [1.54, 1.807) is 17.0 Å². The molecule has 1 aromatic carbocycles. The summed E-state index contributed by atoms with van der Waals surface area (Å²) in [6.45, 7) is 0.920. The molecule has 1 saturated heterocycles. The number of carbonyl (C=O) groups excluding carboxylic acids is 1. The van der Waals surface area contributed by atoms with Gasteiger partial charge in [-0.05, 0) is 30.5 Å². The first-order valence-electron chi connectivity index (χ1n) is 6.01. The molecule has 2 rings (SSSR count). The van der Waals surface area contributed by atoms with Crippen molar-refractivity contribution >= 4 is 11.6 Å². The summed E-state index contributed by atoms with van der Waals surface area (Å²) in [5.41, 5.74) is 6.58. The van der Waals surface area contributed by atoms with Gasteiger partial charge in [-0.2, -0.15) is 0 Å². The monoisotopic (exact) mass is 236 g/mol. The maximum absolute atomic E-state index is 13.9. The zero-order valence-electron chi connectivity index (χ0n) is 9.79. The molecule has 1 aliphatic heterocycles. The van der Waals surface area contributed by atoms with E-state index in [1.165, 1.54) is 6.07 Å². The molecule has 4 heteroatoms. The van der Waals surface area contributed by atoms with Gasteiger partial charge in [0.2, 0.25) is 5.91 Å². The third-order valence-electron chi connectivity index (χ3n) is 3.11. The van der Waals surface area contributed by atoms with E-state index >= 15 is 0 Å². The second-order valence-corrected chi connectivity index (χ2v) is 4.35. The van der Waals surface area contributed by atoms with Crippen LogP contribution in [0.15, 0.2) is 18.2 Å². The molecule has 0 atom stereocenters. The molecule has 1 aromatic rings. The Balaban J connectivity index is 2.28. The van der Waals surface area contributed by atoms with E-state index in [9.17, 15) is 9.18 Å². The summed E-state index contributed by atoms with van der Waals surface area (Å²) in [6.07, 6.45) is 3.38. The van der Waals surface area contributed by atoms with Gasteiger partial charge in [0.05, 0.1) is 5.69 Å². The number of anilines is 1. The van der Waals surface area contributed by atoms with Gasteiger partial charge < -0.3 is 10.6 Å². The highest BCUT2D eigenvalue weighted by molar-refractivity contribution is 5.93. The summed E-state index contributed by atoms with van der Waals surface area (Å²) in [4.78, 5) is 13.4. The molecule has 0 unspecified atom stereocenters. The van der Waals surface area contributed by atoms with Crippen molar-refractivity contribution in [3.8, 4) is 0 Å². The van der Waals surface area contributed by atoms with E-state index < -0.39 is 0 Å². The van der Waals surface area contributed by atoms with Gasteiger partial charge in [0.25, 0.3) is 0 Å². The number of hydrogen-bond acceptors (Lipinski definition) is 2. The predicted molar refractivity (Wildman–Crippen MR) is 65.1 cm³/mol. The van der Waals surface area contributed by atoms with Gasteiger partial charge in [0.15, 0.2) is 0 Å². The van der Waals surface area contributed by atoms with Crippen LogP contribution < -0.4 is 10.6 Å². The van der Waals surface area contributed by atoms with Crippen LogP contribution in [0.1, 0.15) is 31.2 Å². The fraction of sp³-hybridized carbons (Fsp3) is 0.462. The average molecular weight is 236 g/mol. The Morgan fingerprint density at radius 2 is 2.12 bits per heavy atom. The second-order valence-electron chi connectivity index (χ2n) is 4.35. The molecule has 0 radical (unpaired) electrons. The van der Waals surface area contributed by atoms with Gasteiger partial charge in [0, 0.05) is 19.5 Å². The molecule has 0 spiro atoms. The largest absolute Gasteiger partial charge is 0.326 e. The minimum Gasteiger partial charge on any atom is -0.326 e. The van der Waals surface area contributed by atoms with Crippen LogP contribution in [0, 0.1) is 5.82 Å². The lowest BCUT2D eigenvalue weighted by molar-refractivity contribution is -0.118. The molecule has 1 aliphatic rings. The Labute approximate surface area is 100 Å². The number of amides is 1. The predicted octanol–water partition coefficient (Wildman–Crippen LogP) is 2.19. The van der Waals surface area contributed by atoms with Crippen LogP contribution >= 0.6 is 0 Å². The maximum Gasteiger partial charge on any atom is 0.227 e. The number of hydrogen-bond donors (Lipinski definition) is 1. The third-order valence-corrected chi connectivity index (χ3v) is 3.11. The van der Waals surface area contributed by atoms with Crippen molar-refractivity contribution in [1.82, 2.24) is 0 Å². The Hall–Kier alpha value is -1.42. The Bertz CT molecular complexity index is 420. The first kappa shape index (κ1) is 12.0. The van der Waals surface area contributed by atoms with Crippen LogP contribution in [0.3, 0.4) is 0 Å². The highest BCUT2D eigenvalue weighted by Crippen LogP contribution is 2.24. The Morgan fingerprint density at radius 1 is 1.29 bits per heavy atom. The number of carbonyl (C=O) groups is 1. The lowest BCUT2D eigenvalue weighted by Crippen LogP contribution is -2.30. The van der Waals surface area contributed by atoms with Crippen molar-refractivity contribution in [3.05, 3.63) is 29.6 Å². The zero-order chi connectivity index (χ0) is 12.3. The summed E-state index contributed by atoms with van der Waals surface area (Å²) in [5, 5.41) is 0. The molecule has 0 aliphatic carbocycles.